The highest BCUT2D eigenvalue weighted by atomic mass is 15.0. The number of aromatic nitrogens is 1. The molecule has 3 nitrogen and oxygen atoms in total. The van der Waals surface area contributed by atoms with Gasteiger partial charge in [-0.25, -0.2) is 4.98 Å². The van der Waals surface area contributed by atoms with Gasteiger partial charge in [0.05, 0.1) is 5.56 Å². The smallest absolute Gasteiger partial charge is 0.125 e. The lowest BCUT2D eigenvalue weighted by Gasteiger charge is -2.26. The maximum atomic E-state index is 8.68. The molecule has 1 N–H and O–H groups in total. The van der Waals surface area contributed by atoms with Crippen LogP contribution < -0.4 is 5.32 Å². The molecule has 1 aromatic rings. The van der Waals surface area contributed by atoms with E-state index in [9.17, 15) is 0 Å². The molecule has 0 spiro atoms. The molecule has 2 rings (SSSR count). The standard InChI is InChI=1S/C14H19N3/c1-11-2-4-12(5-3-11)9-16-14-7-6-13(8-15)10-17-14/h6-7,10-12H,2-5,9H2,1H3,(H,16,17). The van der Waals surface area contributed by atoms with Crippen molar-refractivity contribution in [2.75, 3.05) is 11.9 Å². The van der Waals surface area contributed by atoms with Gasteiger partial charge in [-0.1, -0.05) is 19.8 Å². The van der Waals surface area contributed by atoms with E-state index < -0.39 is 0 Å². The molecule has 17 heavy (non-hydrogen) atoms. The van der Waals surface area contributed by atoms with Gasteiger partial charge >= 0.3 is 0 Å². The summed E-state index contributed by atoms with van der Waals surface area (Å²) in [5.74, 6) is 2.56. The Morgan fingerprint density at radius 3 is 2.71 bits per heavy atom. The van der Waals surface area contributed by atoms with Crippen molar-refractivity contribution in [2.24, 2.45) is 11.8 Å². The number of hydrogen-bond donors (Lipinski definition) is 1. The average Bonchev–Trinajstić information content (AvgIpc) is 2.39. The molecule has 0 unspecified atom stereocenters. The zero-order valence-electron chi connectivity index (χ0n) is 10.3. The molecule has 0 radical (unpaired) electrons. The third kappa shape index (κ3) is 3.45. The van der Waals surface area contributed by atoms with Gasteiger partial charge in [-0.3, -0.25) is 0 Å². The fourth-order valence-electron chi connectivity index (χ4n) is 2.35. The number of nitriles is 1. The Kier molecular flexibility index (Phi) is 3.98. The Hall–Kier alpha value is -1.56. The molecule has 1 aromatic heterocycles. The highest BCUT2D eigenvalue weighted by Crippen LogP contribution is 2.28. The van der Waals surface area contributed by atoms with E-state index in [1.54, 1.807) is 12.3 Å². The monoisotopic (exact) mass is 229 g/mol. The predicted molar refractivity (Wildman–Crippen MR) is 68.6 cm³/mol. The van der Waals surface area contributed by atoms with Gasteiger partial charge in [0, 0.05) is 12.7 Å². The molecule has 3 heteroatoms. The fraction of sp³-hybridized carbons (Fsp3) is 0.571. The first kappa shape index (κ1) is 11.9. The van der Waals surface area contributed by atoms with Gasteiger partial charge in [0.15, 0.2) is 0 Å². The van der Waals surface area contributed by atoms with E-state index in [0.29, 0.717) is 5.56 Å². The van der Waals surface area contributed by atoms with E-state index in [-0.39, 0.29) is 0 Å². The highest BCUT2D eigenvalue weighted by molar-refractivity contribution is 5.38. The van der Waals surface area contributed by atoms with Gasteiger partial charge in [-0.2, -0.15) is 5.26 Å². The van der Waals surface area contributed by atoms with E-state index in [2.05, 4.69) is 23.3 Å². The molecular weight excluding hydrogens is 210 g/mol. The molecule has 0 amide bonds. The van der Waals surface area contributed by atoms with Gasteiger partial charge in [-0.05, 0) is 36.8 Å². The molecule has 0 saturated heterocycles. The third-order valence-corrected chi connectivity index (χ3v) is 3.60. The average molecular weight is 229 g/mol. The summed E-state index contributed by atoms with van der Waals surface area (Å²) in [5.41, 5.74) is 0.613. The quantitative estimate of drug-likeness (QED) is 0.866. The van der Waals surface area contributed by atoms with E-state index in [4.69, 9.17) is 5.26 Å². The lowest BCUT2D eigenvalue weighted by molar-refractivity contribution is 0.300. The van der Waals surface area contributed by atoms with Crippen molar-refractivity contribution < 1.29 is 0 Å². The highest BCUT2D eigenvalue weighted by Gasteiger charge is 2.17. The maximum absolute atomic E-state index is 8.68. The van der Waals surface area contributed by atoms with Crippen LogP contribution in [-0.2, 0) is 0 Å². The minimum Gasteiger partial charge on any atom is -0.370 e. The second-order valence-electron chi connectivity index (χ2n) is 5.05. The van der Waals surface area contributed by atoms with Crippen LogP contribution in [-0.4, -0.2) is 11.5 Å². The molecule has 1 saturated carbocycles. The van der Waals surface area contributed by atoms with Crippen molar-refractivity contribution in [1.29, 1.82) is 5.26 Å². The largest absolute Gasteiger partial charge is 0.370 e. The SMILES string of the molecule is CC1CCC(CNc2ccc(C#N)cn2)CC1. The lowest BCUT2D eigenvalue weighted by atomic mass is 9.83. The van der Waals surface area contributed by atoms with Crippen LogP contribution >= 0.6 is 0 Å². The van der Waals surface area contributed by atoms with E-state index >= 15 is 0 Å². The molecular formula is C14H19N3. The van der Waals surface area contributed by atoms with Crippen molar-refractivity contribution in [3.8, 4) is 6.07 Å². The summed E-state index contributed by atoms with van der Waals surface area (Å²) >= 11 is 0. The summed E-state index contributed by atoms with van der Waals surface area (Å²) in [6.07, 6.45) is 6.97. The molecule has 0 aromatic carbocycles. The number of rotatable bonds is 3. The minimum atomic E-state index is 0.613. The number of nitrogens with zero attached hydrogens (tertiary/aromatic N) is 2. The molecule has 1 fully saturated rings. The minimum absolute atomic E-state index is 0.613. The van der Waals surface area contributed by atoms with Crippen molar-refractivity contribution in [1.82, 2.24) is 4.98 Å². The van der Waals surface area contributed by atoms with Crippen molar-refractivity contribution >= 4 is 5.82 Å². The van der Waals surface area contributed by atoms with Crippen LogP contribution in [0.5, 0.6) is 0 Å². The Bertz CT molecular complexity index is 383. The molecule has 90 valence electrons. The molecule has 1 aliphatic rings. The Balaban J connectivity index is 1.79. The first-order chi connectivity index (χ1) is 8.28. The first-order valence-electron chi connectivity index (χ1n) is 6.38. The summed E-state index contributed by atoms with van der Waals surface area (Å²) < 4.78 is 0. The summed E-state index contributed by atoms with van der Waals surface area (Å²) in [6, 6.07) is 5.76. The van der Waals surface area contributed by atoms with E-state index in [0.717, 1.165) is 24.2 Å². The van der Waals surface area contributed by atoms with Gasteiger partial charge in [0.1, 0.15) is 11.9 Å². The van der Waals surface area contributed by atoms with Gasteiger partial charge in [0.2, 0.25) is 0 Å². The van der Waals surface area contributed by atoms with E-state index in [1.807, 2.05) is 6.07 Å². The van der Waals surface area contributed by atoms with Crippen LogP contribution in [0, 0.1) is 23.2 Å². The van der Waals surface area contributed by atoms with Crippen LogP contribution in [0.15, 0.2) is 18.3 Å². The fourth-order valence-corrected chi connectivity index (χ4v) is 2.35. The van der Waals surface area contributed by atoms with Crippen LogP contribution in [0.25, 0.3) is 0 Å². The lowest BCUT2D eigenvalue weighted by Crippen LogP contribution is -2.20. The Morgan fingerprint density at radius 1 is 1.35 bits per heavy atom. The zero-order valence-corrected chi connectivity index (χ0v) is 10.3. The van der Waals surface area contributed by atoms with Crippen LogP contribution in [0.3, 0.4) is 0 Å². The summed E-state index contributed by atoms with van der Waals surface area (Å²) in [5, 5.41) is 12.0. The van der Waals surface area contributed by atoms with Crippen molar-refractivity contribution in [3.63, 3.8) is 0 Å². The zero-order chi connectivity index (χ0) is 12.1. The summed E-state index contributed by atoms with van der Waals surface area (Å²) in [4.78, 5) is 4.22. The van der Waals surface area contributed by atoms with Crippen LogP contribution in [0.1, 0.15) is 38.2 Å². The Morgan fingerprint density at radius 2 is 2.12 bits per heavy atom. The van der Waals surface area contributed by atoms with Gasteiger partial charge in [-0.15, -0.1) is 0 Å². The van der Waals surface area contributed by atoms with Crippen molar-refractivity contribution in [2.45, 2.75) is 32.6 Å². The topological polar surface area (TPSA) is 48.7 Å². The molecule has 0 bridgehead atoms. The molecule has 1 aliphatic carbocycles. The van der Waals surface area contributed by atoms with Crippen molar-refractivity contribution in [3.05, 3.63) is 23.9 Å². The predicted octanol–water partition coefficient (Wildman–Crippen LogP) is 3.19. The first-order valence-corrected chi connectivity index (χ1v) is 6.38. The summed E-state index contributed by atoms with van der Waals surface area (Å²) in [7, 11) is 0. The molecule has 0 atom stereocenters. The molecule has 1 heterocycles. The normalized spacial score (nSPS) is 24.0. The Labute approximate surface area is 103 Å². The van der Waals surface area contributed by atoms with Gasteiger partial charge < -0.3 is 5.32 Å². The summed E-state index contributed by atoms with van der Waals surface area (Å²) in [6.45, 7) is 3.34. The second kappa shape index (κ2) is 5.67. The second-order valence-corrected chi connectivity index (χ2v) is 5.05. The maximum Gasteiger partial charge on any atom is 0.125 e. The van der Waals surface area contributed by atoms with Gasteiger partial charge in [0.25, 0.3) is 0 Å². The van der Waals surface area contributed by atoms with Crippen LogP contribution in [0.2, 0.25) is 0 Å². The molecule has 0 aliphatic heterocycles. The number of anilines is 1. The number of nitrogens with one attached hydrogen (secondary N) is 1. The number of pyridine rings is 1. The van der Waals surface area contributed by atoms with E-state index in [1.165, 1.54) is 25.7 Å². The van der Waals surface area contributed by atoms with Crippen LogP contribution in [0.4, 0.5) is 5.82 Å². The number of hydrogen-bond acceptors (Lipinski definition) is 3. The third-order valence-electron chi connectivity index (χ3n) is 3.60.